The second kappa shape index (κ2) is 6.77. The van der Waals surface area contributed by atoms with E-state index in [9.17, 15) is 0 Å². The van der Waals surface area contributed by atoms with Crippen molar-refractivity contribution in [3.05, 3.63) is 17.3 Å². The predicted octanol–water partition coefficient (Wildman–Crippen LogP) is 2.49. The number of oxazole rings is 1. The van der Waals surface area contributed by atoms with Crippen LogP contribution in [-0.2, 0) is 6.54 Å². The lowest BCUT2D eigenvalue weighted by Crippen LogP contribution is -2.46. The van der Waals surface area contributed by atoms with Crippen LogP contribution in [0.2, 0.25) is 0 Å². The maximum atomic E-state index is 5.59. The van der Waals surface area contributed by atoms with Gasteiger partial charge in [-0.3, -0.25) is 0 Å². The van der Waals surface area contributed by atoms with Crippen molar-refractivity contribution in [3.63, 3.8) is 0 Å². The van der Waals surface area contributed by atoms with E-state index in [0.29, 0.717) is 12.4 Å². The van der Waals surface area contributed by atoms with Gasteiger partial charge in [0.25, 0.3) is 0 Å². The van der Waals surface area contributed by atoms with Gasteiger partial charge >= 0.3 is 0 Å². The molecule has 2 heterocycles. The molecule has 0 radical (unpaired) electrons. The Bertz CT molecular complexity index is 447. The number of aliphatic imine (C=N–C) groups is 1. The summed E-state index contributed by atoms with van der Waals surface area (Å²) in [7, 11) is 0. The molecule has 0 aliphatic carbocycles. The molecule has 0 bridgehead atoms. The van der Waals surface area contributed by atoms with E-state index in [2.05, 4.69) is 34.0 Å². The molecule has 5 nitrogen and oxygen atoms in total. The lowest BCUT2D eigenvalue weighted by atomic mass is 10.0. The molecule has 1 fully saturated rings. The molecule has 1 unspecified atom stereocenters. The molecule has 1 atom stereocenters. The molecule has 1 aromatic heterocycles. The largest absolute Gasteiger partial charge is 0.444 e. The minimum absolute atomic E-state index is 0.502. The molecule has 20 heavy (non-hydrogen) atoms. The Labute approximate surface area is 121 Å². The number of hydrogen-bond donors (Lipinski definition) is 1. The molecule has 112 valence electrons. The fraction of sp³-hybridized carbons (Fsp3) is 0.733. The van der Waals surface area contributed by atoms with Crippen LogP contribution in [-0.4, -0.2) is 35.5 Å². The summed E-state index contributed by atoms with van der Waals surface area (Å²) in [5, 5.41) is 3.37. The molecule has 0 saturated carbocycles. The van der Waals surface area contributed by atoms with Crippen molar-refractivity contribution >= 4 is 5.96 Å². The highest BCUT2D eigenvalue weighted by molar-refractivity contribution is 5.80. The van der Waals surface area contributed by atoms with Crippen molar-refractivity contribution in [1.29, 1.82) is 0 Å². The zero-order chi connectivity index (χ0) is 14.5. The van der Waals surface area contributed by atoms with Crippen LogP contribution in [0, 0.1) is 19.8 Å². The van der Waals surface area contributed by atoms with Gasteiger partial charge in [-0.05, 0) is 39.5 Å². The Balaban J connectivity index is 2.04. The first-order valence-electron chi connectivity index (χ1n) is 7.56. The summed E-state index contributed by atoms with van der Waals surface area (Å²) in [6, 6.07) is 0. The molecule has 0 spiro atoms. The van der Waals surface area contributed by atoms with Crippen LogP contribution in [0.5, 0.6) is 0 Å². The minimum atomic E-state index is 0.502. The summed E-state index contributed by atoms with van der Waals surface area (Å²) in [5.74, 6) is 3.29. The number of piperidine rings is 1. The van der Waals surface area contributed by atoms with Gasteiger partial charge in [-0.15, -0.1) is 0 Å². The lowest BCUT2D eigenvalue weighted by molar-refractivity contribution is 0.265. The van der Waals surface area contributed by atoms with E-state index in [1.807, 2.05) is 13.8 Å². The molecule has 1 aliphatic rings. The average molecular weight is 278 g/mol. The van der Waals surface area contributed by atoms with Gasteiger partial charge in [0, 0.05) is 19.6 Å². The normalized spacial score (nSPS) is 20.3. The summed E-state index contributed by atoms with van der Waals surface area (Å²) < 4.78 is 5.59. The number of rotatable bonds is 3. The summed E-state index contributed by atoms with van der Waals surface area (Å²) >= 11 is 0. The first-order valence-corrected chi connectivity index (χ1v) is 7.56. The third-order valence-electron chi connectivity index (χ3n) is 3.73. The Morgan fingerprint density at radius 1 is 1.50 bits per heavy atom. The first kappa shape index (κ1) is 14.9. The molecule has 5 heteroatoms. The number of likely N-dealkylation sites (tertiary alicyclic amines) is 1. The topological polar surface area (TPSA) is 53.7 Å². The van der Waals surface area contributed by atoms with Crippen molar-refractivity contribution in [2.75, 3.05) is 19.6 Å². The highest BCUT2D eigenvalue weighted by Gasteiger charge is 2.19. The van der Waals surface area contributed by atoms with Gasteiger partial charge < -0.3 is 14.6 Å². The summed E-state index contributed by atoms with van der Waals surface area (Å²) in [4.78, 5) is 11.4. The molecule has 1 N–H and O–H groups in total. The Kier molecular flexibility index (Phi) is 5.04. The molecule has 0 amide bonds. The smallest absolute Gasteiger partial charge is 0.216 e. The number of nitrogens with zero attached hydrogens (tertiary/aromatic N) is 3. The van der Waals surface area contributed by atoms with Crippen LogP contribution < -0.4 is 5.32 Å². The maximum Gasteiger partial charge on any atom is 0.216 e. The maximum absolute atomic E-state index is 5.59. The van der Waals surface area contributed by atoms with Crippen molar-refractivity contribution in [3.8, 4) is 0 Å². The fourth-order valence-corrected chi connectivity index (χ4v) is 2.56. The van der Waals surface area contributed by atoms with Crippen molar-refractivity contribution in [2.45, 2.75) is 47.1 Å². The van der Waals surface area contributed by atoms with Crippen molar-refractivity contribution < 1.29 is 4.42 Å². The minimum Gasteiger partial charge on any atom is -0.444 e. The number of nitrogens with one attached hydrogen (secondary N) is 1. The monoisotopic (exact) mass is 278 g/mol. The van der Waals surface area contributed by atoms with Crippen LogP contribution in [0.3, 0.4) is 0 Å². The van der Waals surface area contributed by atoms with Crippen LogP contribution in [0.1, 0.15) is 44.0 Å². The number of guanidine groups is 1. The van der Waals surface area contributed by atoms with E-state index < -0.39 is 0 Å². The summed E-state index contributed by atoms with van der Waals surface area (Å²) in [6.07, 6.45) is 2.55. The second-order valence-electron chi connectivity index (χ2n) is 5.61. The summed E-state index contributed by atoms with van der Waals surface area (Å²) in [6.45, 7) is 11.8. The van der Waals surface area contributed by atoms with E-state index in [1.165, 1.54) is 12.8 Å². The average Bonchev–Trinajstić information content (AvgIpc) is 2.74. The number of aryl methyl sites for hydroxylation is 2. The molecular weight excluding hydrogens is 252 g/mol. The van der Waals surface area contributed by atoms with Gasteiger partial charge in [-0.2, -0.15) is 0 Å². The highest BCUT2D eigenvalue weighted by Crippen LogP contribution is 2.16. The molecule has 0 aromatic carbocycles. The van der Waals surface area contributed by atoms with Gasteiger partial charge in [0.05, 0.1) is 5.69 Å². The standard InChI is InChI=1S/C15H26N4O/c1-5-16-15(19-8-6-7-11(2)10-19)17-9-14-18-12(3)13(4)20-14/h11H,5-10H2,1-4H3,(H,16,17). The zero-order valence-electron chi connectivity index (χ0n) is 13.1. The Hall–Kier alpha value is -1.52. The molecule has 1 saturated heterocycles. The van der Waals surface area contributed by atoms with Gasteiger partial charge in [-0.1, -0.05) is 6.92 Å². The van der Waals surface area contributed by atoms with Gasteiger partial charge in [0.2, 0.25) is 5.89 Å². The first-order chi connectivity index (χ1) is 9.60. The van der Waals surface area contributed by atoms with Crippen LogP contribution >= 0.6 is 0 Å². The van der Waals surface area contributed by atoms with Crippen molar-refractivity contribution in [1.82, 2.24) is 15.2 Å². The molecule has 1 aliphatic heterocycles. The van der Waals surface area contributed by atoms with Crippen LogP contribution in [0.15, 0.2) is 9.41 Å². The Morgan fingerprint density at radius 3 is 2.90 bits per heavy atom. The third-order valence-corrected chi connectivity index (χ3v) is 3.73. The Morgan fingerprint density at radius 2 is 2.30 bits per heavy atom. The van der Waals surface area contributed by atoms with Gasteiger partial charge in [0.1, 0.15) is 12.3 Å². The van der Waals surface area contributed by atoms with Crippen LogP contribution in [0.4, 0.5) is 0 Å². The van der Waals surface area contributed by atoms with E-state index in [4.69, 9.17) is 4.42 Å². The van der Waals surface area contributed by atoms with Gasteiger partial charge in [0.15, 0.2) is 5.96 Å². The van der Waals surface area contributed by atoms with E-state index in [1.54, 1.807) is 0 Å². The van der Waals surface area contributed by atoms with E-state index in [0.717, 1.165) is 43.0 Å². The molecular formula is C15H26N4O. The van der Waals surface area contributed by atoms with E-state index >= 15 is 0 Å². The van der Waals surface area contributed by atoms with Crippen LogP contribution in [0.25, 0.3) is 0 Å². The van der Waals surface area contributed by atoms with Crippen molar-refractivity contribution in [2.24, 2.45) is 10.9 Å². The molecule has 1 aromatic rings. The fourth-order valence-electron chi connectivity index (χ4n) is 2.56. The second-order valence-corrected chi connectivity index (χ2v) is 5.61. The predicted molar refractivity (Wildman–Crippen MR) is 80.8 cm³/mol. The lowest BCUT2D eigenvalue weighted by Gasteiger charge is -2.33. The zero-order valence-corrected chi connectivity index (χ0v) is 13.1. The van der Waals surface area contributed by atoms with E-state index in [-0.39, 0.29) is 0 Å². The number of hydrogen-bond acceptors (Lipinski definition) is 3. The number of aromatic nitrogens is 1. The quantitative estimate of drug-likeness (QED) is 0.682. The SMILES string of the molecule is CCNC(=NCc1nc(C)c(C)o1)N1CCCC(C)C1. The highest BCUT2D eigenvalue weighted by atomic mass is 16.4. The summed E-state index contributed by atoms with van der Waals surface area (Å²) in [5.41, 5.74) is 0.951. The van der Waals surface area contributed by atoms with Gasteiger partial charge in [-0.25, -0.2) is 9.98 Å². The third kappa shape index (κ3) is 3.74. The molecule has 2 rings (SSSR count).